The van der Waals surface area contributed by atoms with Gasteiger partial charge in [0.1, 0.15) is 0 Å². The molecule has 3 rings (SSSR count). The molecular weight excluding hydrogens is 328 g/mol. The normalized spacial score (nSPS) is 29.8. The molecule has 3 aliphatic rings. The molecule has 6 heteroatoms. The summed E-state index contributed by atoms with van der Waals surface area (Å²) >= 11 is 0. The van der Waals surface area contributed by atoms with Crippen LogP contribution in [0.1, 0.15) is 48.4 Å². The van der Waals surface area contributed by atoms with E-state index in [1.807, 2.05) is 13.8 Å². The molecule has 0 spiro atoms. The number of carbonyl (C=O) groups is 2. The topological polar surface area (TPSA) is 55.9 Å². The predicted molar refractivity (Wildman–Crippen MR) is 105 cm³/mol. The van der Waals surface area contributed by atoms with E-state index in [0.29, 0.717) is 30.3 Å². The van der Waals surface area contributed by atoms with E-state index in [1.54, 1.807) is 0 Å². The second-order valence-corrected chi connectivity index (χ2v) is 8.92. The molecule has 1 N–H and O–H groups in total. The van der Waals surface area contributed by atoms with Crippen LogP contribution in [0, 0.1) is 11.8 Å². The molecule has 0 aromatic rings. The molecule has 2 amide bonds. The van der Waals surface area contributed by atoms with E-state index in [-0.39, 0.29) is 19.3 Å². The van der Waals surface area contributed by atoms with Crippen molar-refractivity contribution in [1.82, 2.24) is 20.0 Å². The van der Waals surface area contributed by atoms with Gasteiger partial charge in [-0.3, -0.25) is 14.5 Å². The summed E-state index contributed by atoms with van der Waals surface area (Å²) < 4.78 is 0. The number of piperidine rings is 1. The Bertz CT molecular complexity index is 520. The Kier molecular flexibility index (Phi) is 6.23. The van der Waals surface area contributed by atoms with Crippen molar-refractivity contribution in [2.45, 2.75) is 65.1 Å². The molecule has 3 fully saturated rings. The Morgan fingerprint density at radius 1 is 1.08 bits per heavy atom. The number of carbonyl (C=O) groups excluding carboxylic acids is 2. The van der Waals surface area contributed by atoms with Crippen LogP contribution in [0.3, 0.4) is 0 Å². The lowest BCUT2D eigenvalue weighted by Gasteiger charge is -2.37. The first kappa shape index (κ1) is 19.6. The number of rotatable bonds is 6. The van der Waals surface area contributed by atoms with Crippen LogP contribution in [0.5, 0.6) is 0 Å². The average molecular weight is 367 g/mol. The van der Waals surface area contributed by atoms with Gasteiger partial charge in [-0.1, -0.05) is 13.8 Å². The zero-order valence-corrected chi connectivity index (χ0v) is 16.9. The Hall–Kier alpha value is -1.14. The molecule has 0 radical (unpaired) electrons. The van der Waals surface area contributed by atoms with E-state index < -0.39 is 0 Å². The summed E-state index contributed by atoms with van der Waals surface area (Å²) in [6.45, 7) is 14.4. The molecule has 2 bridgehead atoms. The maximum atomic E-state index is 12.7. The lowest BCUT2D eigenvalue weighted by atomic mass is 10.0. The molecule has 0 aromatic carbocycles. The van der Waals surface area contributed by atoms with Gasteiger partial charge in [0.05, 0.1) is 0 Å². The summed E-state index contributed by atoms with van der Waals surface area (Å²) in [7, 11) is 0. The largest absolute Gasteiger partial charge is 0.353 e. The maximum Gasteiger partial charge on any atom is 0.224 e. The van der Waals surface area contributed by atoms with Crippen LogP contribution in [0.25, 0.3) is 0 Å². The average Bonchev–Trinajstić information content (AvgIpc) is 3.20. The first-order valence-electron chi connectivity index (χ1n) is 10.4. The Balaban J connectivity index is 0.00000261. The molecule has 2 heterocycles. The van der Waals surface area contributed by atoms with Gasteiger partial charge in [-0.25, -0.2) is 0 Å². The summed E-state index contributed by atoms with van der Waals surface area (Å²) in [5, 5.41) is 3.18. The van der Waals surface area contributed by atoms with Crippen molar-refractivity contribution in [2.75, 3.05) is 39.3 Å². The fraction of sp³-hybridized carbons (Fsp3) is 0.900. The number of piperazine rings is 1. The second-order valence-electron chi connectivity index (χ2n) is 8.92. The highest BCUT2D eigenvalue weighted by molar-refractivity contribution is 5.79. The van der Waals surface area contributed by atoms with Gasteiger partial charge in [-0.15, -0.1) is 0 Å². The molecule has 3 atom stereocenters. The van der Waals surface area contributed by atoms with E-state index in [0.717, 1.165) is 52.1 Å². The maximum absolute atomic E-state index is 12.7. The fourth-order valence-electron chi connectivity index (χ4n) is 4.69. The molecule has 150 valence electrons. The van der Waals surface area contributed by atoms with Crippen molar-refractivity contribution in [3.63, 3.8) is 0 Å². The first-order valence-corrected chi connectivity index (χ1v) is 10.4. The number of likely N-dealkylation sites (tertiary alicyclic amines) is 1. The third-order valence-corrected chi connectivity index (χ3v) is 6.49. The van der Waals surface area contributed by atoms with E-state index in [2.05, 4.69) is 33.9 Å². The summed E-state index contributed by atoms with van der Waals surface area (Å²) in [5.41, 5.74) is 0. The molecule has 1 saturated carbocycles. The van der Waals surface area contributed by atoms with Crippen molar-refractivity contribution in [3.05, 3.63) is 0 Å². The van der Waals surface area contributed by atoms with Crippen molar-refractivity contribution in [3.8, 4) is 0 Å². The number of hydrogen-bond acceptors (Lipinski definition) is 4. The number of nitrogens with zero attached hydrogens (tertiary/aromatic N) is 3. The molecule has 0 aromatic heterocycles. The van der Waals surface area contributed by atoms with Crippen molar-refractivity contribution in [1.29, 1.82) is 0 Å². The molecule has 6 nitrogen and oxygen atoms in total. The first-order chi connectivity index (χ1) is 12.3. The van der Waals surface area contributed by atoms with Gasteiger partial charge in [0, 0.05) is 71.2 Å². The SMILES string of the molecule is CC(C)C(=O)NC1CC2CC1CN2C(=O)CCN1CCN(C(C)C)CC1.[HH]. The number of hydrogen-bond donors (Lipinski definition) is 1. The number of amides is 2. The number of fused-ring (bicyclic) bond motifs is 2. The van der Waals surface area contributed by atoms with Crippen LogP contribution in [0.15, 0.2) is 0 Å². The van der Waals surface area contributed by atoms with Gasteiger partial charge in [-0.2, -0.15) is 0 Å². The molecule has 26 heavy (non-hydrogen) atoms. The summed E-state index contributed by atoms with van der Waals surface area (Å²) in [6.07, 6.45) is 2.62. The van der Waals surface area contributed by atoms with E-state index in [9.17, 15) is 9.59 Å². The van der Waals surface area contributed by atoms with Crippen LogP contribution < -0.4 is 5.32 Å². The van der Waals surface area contributed by atoms with Gasteiger partial charge in [0.2, 0.25) is 11.8 Å². The third-order valence-electron chi connectivity index (χ3n) is 6.49. The summed E-state index contributed by atoms with van der Waals surface area (Å²) in [5.74, 6) is 0.919. The third kappa shape index (κ3) is 4.39. The molecule has 2 aliphatic heterocycles. The highest BCUT2D eigenvalue weighted by atomic mass is 16.2. The molecule has 2 saturated heterocycles. The standard InChI is InChI=1S/C20H36N4O2.H2/c1-14(2)20(26)21-18-12-17-11-16(18)13-24(17)19(25)5-6-22-7-9-23(10-8-22)15(3)4;/h14-18H,5-13H2,1-4H3,(H,21,26);1H. The highest BCUT2D eigenvalue weighted by Crippen LogP contribution is 2.38. The van der Waals surface area contributed by atoms with Crippen molar-refractivity contribution >= 4 is 11.8 Å². The van der Waals surface area contributed by atoms with Gasteiger partial charge in [-0.05, 0) is 32.6 Å². The van der Waals surface area contributed by atoms with E-state index >= 15 is 0 Å². The zero-order valence-electron chi connectivity index (χ0n) is 16.9. The fourth-order valence-corrected chi connectivity index (χ4v) is 4.69. The zero-order chi connectivity index (χ0) is 18.8. The monoisotopic (exact) mass is 366 g/mol. The minimum Gasteiger partial charge on any atom is -0.353 e. The smallest absolute Gasteiger partial charge is 0.224 e. The summed E-state index contributed by atoms with van der Waals surface area (Å²) in [6, 6.07) is 1.22. The summed E-state index contributed by atoms with van der Waals surface area (Å²) in [4.78, 5) is 31.6. The second kappa shape index (κ2) is 8.26. The van der Waals surface area contributed by atoms with Crippen LogP contribution in [0.4, 0.5) is 0 Å². The van der Waals surface area contributed by atoms with Crippen LogP contribution >= 0.6 is 0 Å². The van der Waals surface area contributed by atoms with Gasteiger partial charge in [0.15, 0.2) is 0 Å². The molecule has 3 unspecified atom stereocenters. The lowest BCUT2D eigenvalue weighted by Crippen LogP contribution is -2.50. The van der Waals surface area contributed by atoms with Crippen LogP contribution in [-0.2, 0) is 9.59 Å². The van der Waals surface area contributed by atoms with Gasteiger partial charge >= 0.3 is 0 Å². The lowest BCUT2D eigenvalue weighted by molar-refractivity contribution is -0.133. The predicted octanol–water partition coefficient (Wildman–Crippen LogP) is 1.41. The van der Waals surface area contributed by atoms with Crippen LogP contribution in [0.2, 0.25) is 0 Å². The Labute approximate surface area is 159 Å². The van der Waals surface area contributed by atoms with E-state index in [1.165, 1.54) is 0 Å². The number of nitrogens with one attached hydrogen (secondary N) is 1. The van der Waals surface area contributed by atoms with E-state index in [4.69, 9.17) is 0 Å². The highest BCUT2D eigenvalue weighted by Gasteiger charge is 2.46. The van der Waals surface area contributed by atoms with Crippen LogP contribution in [-0.4, -0.2) is 83.9 Å². The molecule has 1 aliphatic carbocycles. The Morgan fingerprint density at radius 2 is 1.77 bits per heavy atom. The minimum atomic E-state index is 0. The van der Waals surface area contributed by atoms with Crippen molar-refractivity contribution < 1.29 is 11.0 Å². The quantitative estimate of drug-likeness (QED) is 0.772. The molecular formula is C20H38N4O2. The van der Waals surface area contributed by atoms with Crippen molar-refractivity contribution in [2.24, 2.45) is 11.8 Å². The minimum absolute atomic E-state index is 0. The van der Waals surface area contributed by atoms with Gasteiger partial charge in [0.25, 0.3) is 0 Å². The van der Waals surface area contributed by atoms with Gasteiger partial charge < -0.3 is 15.1 Å². The Morgan fingerprint density at radius 3 is 2.31 bits per heavy atom.